The van der Waals surface area contributed by atoms with E-state index in [9.17, 15) is 9.18 Å². The molecule has 25 heavy (non-hydrogen) atoms. The summed E-state index contributed by atoms with van der Waals surface area (Å²) >= 11 is 0. The van der Waals surface area contributed by atoms with E-state index in [-0.39, 0.29) is 18.2 Å². The lowest BCUT2D eigenvalue weighted by Gasteiger charge is -2.22. The van der Waals surface area contributed by atoms with Crippen LogP contribution in [0.1, 0.15) is 35.7 Å². The fourth-order valence-corrected chi connectivity index (χ4v) is 2.62. The first kappa shape index (κ1) is 20.7. The summed E-state index contributed by atoms with van der Waals surface area (Å²) in [5.74, 6) is 5.79. The van der Waals surface area contributed by atoms with Gasteiger partial charge in [0.25, 0.3) is 12.4 Å². The van der Waals surface area contributed by atoms with Crippen LogP contribution >= 0.6 is 0 Å². The Balaban J connectivity index is 0.000000970. The molecule has 1 fully saturated rings. The first-order chi connectivity index (χ1) is 12.0. The summed E-state index contributed by atoms with van der Waals surface area (Å²) in [4.78, 5) is 25.1. The molecule has 0 spiro atoms. The molecule has 1 aliphatic heterocycles. The highest BCUT2D eigenvalue weighted by Crippen LogP contribution is 2.14. The van der Waals surface area contributed by atoms with Crippen molar-refractivity contribution in [1.29, 1.82) is 0 Å². The van der Waals surface area contributed by atoms with Gasteiger partial charge in [0.05, 0.1) is 6.54 Å². The van der Waals surface area contributed by atoms with Gasteiger partial charge in [0.2, 0.25) is 0 Å². The number of amides is 1. The second kappa shape index (κ2) is 11.2. The van der Waals surface area contributed by atoms with E-state index in [1.807, 2.05) is 18.7 Å². The first-order valence-electron chi connectivity index (χ1n) is 8.34. The smallest absolute Gasteiger partial charge is 0.290 e. The Bertz CT molecular complexity index is 637. The van der Waals surface area contributed by atoms with Crippen molar-refractivity contribution in [2.24, 2.45) is 0 Å². The van der Waals surface area contributed by atoms with Crippen LogP contribution in [-0.4, -0.2) is 60.0 Å². The summed E-state index contributed by atoms with van der Waals surface area (Å²) in [5, 5.41) is 6.89. The number of halogens is 1. The van der Waals surface area contributed by atoms with Gasteiger partial charge in [0.15, 0.2) is 0 Å². The van der Waals surface area contributed by atoms with E-state index in [1.54, 1.807) is 6.07 Å². The van der Waals surface area contributed by atoms with Gasteiger partial charge in [-0.3, -0.25) is 14.5 Å². The minimum atomic E-state index is -0.361. The van der Waals surface area contributed by atoms with Crippen LogP contribution in [-0.2, 0) is 4.79 Å². The van der Waals surface area contributed by atoms with E-state index in [0.717, 1.165) is 38.0 Å². The van der Waals surface area contributed by atoms with Gasteiger partial charge in [0.1, 0.15) is 5.82 Å². The average Bonchev–Trinajstić information content (AvgIpc) is 2.83. The predicted molar refractivity (Wildman–Crippen MR) is 94.9 cm³/mol. The van der Waals surface area contributed by atoms with Crippen LogP contribution in [0.5, 0.6) is 0 Å². The monoisotopic (exact) mass is 348 g/mol. The maximum Gasteiger partial charge on any atom is 0.290 e. The molecule has 1 aliphatic rings. The third kappa shape index (κ3) is 6.94. The van der Waals surface area contributed by atoms with E-state index in [1.165, 1.54) is 12.1 Å². The maximum atomic E-state index is 13.4. The number of hydrogen-bond acceptors (Lipinski definition) is 3. The van der Waals surface area contributed by atoms with E-state index < -0.39 is 0 Å². The number of carbonyl (C=O) groups excluding carboxylic acids is 1. The average molecular weight is 348 g/mol. The Kier molecular flexibility index (Phi) is 9.26. The number of aryl methyl sites for hydroxylation is 1. The number of hydrogen-bond donors (Lipinski definition) is 1. The van der Waals surface area contributed by atoms with E-state index >= 15 is 0 Å². The standard InChI is InChI=1S/C18H23FN2O.CH2O2/c1-3-4-5-9-20-10-6-11-21(13-12-20)18(22)17-14-16(19)8-7-15(17)2;2-1-3/h7-8,14H,3,6,9-13H2,1-2H3;1H,(H,2,3). The molecule has 1 N–H and O–H groups in total. The number of carbonyl (C=O) groups is 2. The Morgan fingerprint density at radius 1 is 1.28 bits per heavy atom. The molecule has 0 aliphatic carbocycles. The quantitative estimate of drug-likeness (QED) is 0.659. The Labute approximate surface area is 148 Å². The molecular weight excluding hydrogens is 323 g/mol. The fourth-order valence-electron chi connectivity index (χ4n) is 2.62. The number of benzene rings is 1. The number of nitrogens with zero attached hydrogens (tertiary/aromatic N) is 2. The van der Waals surface area contributed by atoms with Crippen molar-refractivity contribution in [2.45, 2.75) is 26.7 Å². The molecule has 0 bridgehead atoms. The Hall–Kier alpha value is -2.39. The van der Waals surface area contributed by atoms with E-state index in [0.29, 0.717) is 18.7 Å². The lowest BCUT2D eigenvalue weighted by Crippen LogP contribution is -2.35. The largest absolute Gasteiger partial charge is 0.483 e. The van der Waals surface area contributed by atoms with Gasteiger partial charge >= 0.3 is 0 Å². The third-order valence-corrected chi connectivity index (χ3v) is 3.91. The molecule has 0 radical (unpaired) electrons. The molecule has 0 aromatic heterocycles. The van der Waals surface area contributed by atoms with Crippen LogP contribution < -0.4 is 0 Å². The van der Waals surface area contributed by atoms with Crippen LogP contribution in [0.3, 0.4) is 0 Å². The highest BCUT2D eigenvalue weighted by atomic mass is 19.1. The minimum absolute atomic E-state index is 0.0708. The molecule has 0 atom stereocenters. The normalized spacial score (nSPS) is 14.4. The zero-order valence-corrected chi connectivity index (χ0v) is 14.8. The van der Waals surface area contributed by atoms with E-state index in [2.05, 4.69) is 16.7 Å². The van der Waals surface area contributed by atoms with Crippen LogP contribution in [0.2, 0.25) is 0 Å². The molecule has 6 heteroatoms. The minimum Gasteiger partial charge on any atom is -0.483 e. The van der Waals surface area contributed by atoms with Crippen LogP contribution in [0.15, 0.2) is 18.2 Å². The number of carboxylic acid groups (broad SMARTS) is 1. The van der Waals surface area contributed by atoms with Crippen molar-refractivity contribution in [3.63, 3.8) is 0 Å². The van der Waals surface area contributed by atoms with Gasteiger partial charge in [-0.05, 0) is 31.0 Å². The Morgan fingerprint density at radius 2 is 2.00 bits per heavy atom. The molecule has 136 valence electrons. The summed E-state index contributed by atoms with van der Waals surface area (Å²) in [7, 11) is 0. The maximum absolute atomic E-state index is 13.4. The van der Waals surface area contributed by atoms with Crippen molar-refractivity contribution >= 4 is 12.4 Å². The second-order valence-corrected chi connectivity index (χ2v) is 5.69. The van der Waals surface area contributed by atoms with Crippen LogP contribution in [0.25, 0.3) is 0 Å². The fraction of sp³-hybridized carbons (Fsp3) is 0.474. The molecule has 1 aromatic rings. The van der Waals surface area contributed by atoms with Gasteiger partial charge in [0, 0.05) is 38.2 Å². The molecule has 1 heterocycles. The summed E-state index contributed by atoms with van der Waals surface area (Å²) in [6.45, 7) is 7.54. The molecule has 0 saturated carbocycles. The summed E-state index contributed by atoms with van der Waals surface area (Å²) in [5.41, 5.74) is 1.29. The number of rotatable bonds is 2. The molecule has 1 amide bonds. The molecular formula is C19H25FN2O3. The molecule has 0 unspecified atom stereocenters. The van der Waals surface area contributed by atoms with Crippen molar-refractivity contribution < 1.29 is 19.1 Å². The van der Waals surface area contributed by atoms with Gasteiger partial charge < -0.3 is 10.0 Å². The highest BCUT2D eigenvalue weighted by Gasteiger charge is 2.21. The Morgan fingerprint density at radius 3 is 2.68 bits per heavy atom. The molecule has 1 saturated heterocycles. The lowest BCUT2D eigenvalue weighted by atomic mass is 10.1. The van der Waals surface area contributed by atoms with E-state index in [4.69, 9.17) is 9.90 Å². The zero-order chi connectivity index (χ0) is 18.7. The lowest BCUT2D eigenvalue weighted by molar-refractivity contribution is -0.122. The van der Waals surface area contributed by atoms with Gasteiger partial charge in [-0.1, -0.05) is 18.9 Å². The topological polar surface area (TPSA) is 60.9 Å². The summed E-state index contributed by atoms with van der Waals surface area (Å²) < 4.78 is 13.4. The molecule has 5 nitrogen and oxygen atoms in total. The van der Waals surface area contributed by atoms with Crippen LogP contribution in [0.4, 0.5) is 4.39 Å². The van der Waals surface area contributed by atoms with Crippen molar-refractivity contribution in [2.75, 3.05) is 32.7 Å². The van der Waals surface area contributed by atoms with Gasteiger partial charge in [-0.15, -0.1) is 5.92 Å². The molecule has 1 aromatic carbocycles. The summed E-state index contributed by atoms with van der Waals surface area (Å²) in [6, 6.07) is 4.39. The van der Waals surface area contributed by atoms with Gasteiger partial charge in [-0.25, -0.2) is 4.39 Å². The predicted octanol–water partition coefficient (Wildman–Crippen LogP) is 2.40. The van der Waals surface area contributed by atoms with Crippen molar-refractivity contribution in [3.8, 4) is 11.8 Å². The highest BCUT2D eigenvalue weighted by molar-refractivity contribution is 5.95. The third-order valence-electron chi connectivity index (χ3n) is 3.91. The molecule has 2 rings (SSSR count). The van der Waals surface area contributed by atoms with Gasteiger partial charge in [-0.2, -0.15) is 0 Å². The van der Waals surface area contributed by atoms with Crippen LogP contribution in [0, 0.1) is 24.6 Å². The first-order valence-corrected chi connectivity index (χ1v) is 8.34. The second-order valence-electron chi connectivity index (χ2n) is 5.69. The SMILES string of the molecule is CCC#CCN1CCCN(C(=O)c2cc(F)ccc2C)CC1.O=CO. The zero-order valence-electron chi connectivity index (χ0n) is 14.8. The van der Waals surface area contributed by atoms with Crippen molar-refractivity contribution in [3.05, 3.63) is 35.1 Å². The summed E-state index contributed by atoms with van der Waals surface area (Å²) in [6.07, 6.45) is 1.80. The van der Waals surface area contributed by atoms with Crippen molar-refractivity contribution in [1.82, 2.24) is 9.80 Å².